The van der Waals surface area contributed by atoms with Crippen LogP contribution in [-0.4, -0.2) is 28.9 Å². The molecule has 0 saturated heterocycles. The SMILES string of the molecule is CC(Sc1ccc(NC(=O)C(=Cc2ccc(-c3ccccc3)o2)NC(=O)c2ccccc2)cc1)C(=O)Nc1ccc(C(N)=O)cc1. The summed E-state index contributed by atoms with van der Waals surface area (Å²) >= 11 is 1.34. The minimum atomic E-state index is -0.544. The molecule has 46 heavy (non-hydrogen) atoms. The van der Waals surface area contributed by atoms with Gasteiger partial charge in [0.1, 0.15) is 17.2 Å². The first-order valence-corrected chi connectivity index (χ1v) is 15.2. The average Bonchev–Trinajstić information content (AvgIpc) is 3.55. The molecule has 5 N–H and O–H groups in total. The van der Waals surface area contributed by atoms with Crippen LogP contribution < -0.4 is 21.7 Å². The van der Waals surface area contributed by atoms with Crippen molar-refractivity contribution < 1.29 is 23.6 Å². The zero-order chi connectivity index (χ0) is 32.5. The van der Waals surface area contributed by atoms with Gasteiger partial charge in [0.25, 0.3) is 11.8 Å². The van der Waals surface area contributed by atoms with E-state index in [-0.39, 0.29) is 11.6 Å². The maximum Gasteiger partial charge on any atom is 0.272 e. The number of nitrogens with one attached hydrogen (secondary N) is 3. The molecule has 1 atom stereocenters. The van der Waals surface area contributed by atoms with Crippen LogP contribution in [0.1, 0.15) is 33.4 Å². The Bertz CT molecular complexity index is 1870. The molecule has 0 aliphatic carbocycles. The second kappa shape index (κ2) is 14.7. The third-order valence-corrected chi connectivity index (χ3v) is 7.84. The second-order valence-electron chi connectivity index (χ2n) is 10.1. The molecule has 1 heterocycles. The van der Waals surface area contributed by atoms with E-state index in [0.717, 1.165) is 10.5 Å². The summed E-state index contributed by atoms with van der Waals surface area (Å²) in [6.45, 7) is 1.78. The Balaban J connectivity index is 1.26. The van der Waals surface area contributed by atoms with Crippen LogP contribution >= 0.6 is 11.8 Å². The molecule has 4 amide bonds. The summed E-state index contributed by atoms with van der Waals surface area (Å²) in [5.41, 5.74) is 7.93. The van der Waals surface area contributed by atoms with Gasteiger partial charge in [-0.05, 0) is 79.7 Å². The molecule has 5 aromatic rings. The Morgan fingerprint density at radius 2 is 1.33 bits per heavy atom. The summed E-state index contributed by atoms with van der Waals surface area (Å²) < 4.78 is 5.95. The zero-order valence-corrected chi connectivity index (χ0v) is 25.5. The average molecular weight is 631 g/mol. The van der Waals surface area contributed by atoms with Gasteiger partial charge in [0, 0.05) is 39.0 Å². The molecule has 230 valence electrons. The first kappa shape index (κ1) is 31.6. The van der Waals surface area contributed by atoms with Crippen molar-refractivity contribution in [2.75, 3.05) is 10.6 Å². The summed E-state index contributed by atoms with van der Waals surface area (Å²) in [7, 11) is 0. The van der Waals surface area contributed by atoms with Crippen molar-refractivity contribution in [3.8, 4) is 11.3 Å². The Kier molecular flexibility index (Phi) is 10.1. The number of benzene rings is 4. The molecule has 0 aliphatic rings. The van der Waals surface area contributed by atoms with Crippen LogP contribution in [0, 0.1) is 0 Å². The van der Waals surface area contributed by atoms with Gasteiger partial charge in [-0.3, -0.25) is 19.2 Å². The van der Waals surface area contributed by atoms with Gasteiger partial charge in [-0.2, -0.15) is 0 Å². The quantitative estimate of drug-likeness (QED) is 0.0960. The molecular formula is C36H30N4O5S. The van der Waals surface area contributed by atoms with E-state index in [0.29, 0.717) is 34.0 Å². The fraction of sp³-hybridized carbons (Fsp3) is 0.0556. The van der Waals surface area contributed by atoms with Gasteiger partial charge < -0.3 is 26.1 Å². The third-order valence-electron chi connectivity index (χ3n) is 6.73. The highest BCUT2D eigenvalue weighted by Crippen LogP contribution is 2.27. The van der Waals surface area contributed by atoms with Crippen molar-refractivity contribution in [2.45, 2.75) is 17.1 Å². The number of hydrogen-bond donors (Lipinski definition) is 4. The summed E-state index contributed by atoms with van der Waals surface area (Å²) in [5.74, 6) is -0.734. The van der Waals surface area contributed by atoms with Crippen molar-refractivity contribution in [3.63, 3.8) is 0 Å². The molecular weight excluding hydrogens is 600 g/mol. The number of carbonyl (C=O) groups excluding carboxylic acids is 4. The van der Waals surface area contributed by atoms with Crippen molar-refractivity contribution in [1.82, 2.24) is 5.32 Å². The lowest BCUT2D eigenvalue weighted by atomic mass is 10.2. The molecule has 0 spiro atoms. The highest BCUT2D eigenvalue weighted by Gasteiger charge is 2.18. The van der Waals surface area contributed by atoms with Crippen LogP contribution in [0.4, 0.5) is 11.4 Å². The maximum absolute atomic E-state index is 13.4. The summed E-state index contributed by atoms with van der Waals surface area (Å²) in [6.07, 6.45) is 1.48. The monoisotopic (exact) mass is 630 g/mol. The standard InChI is InChI=1S/C36H30N4O5S/c1-23(34(42)38-27-14-12-25(13-15-27)33(37)41)46-30-19-16-28(17-20-30)39-36(44)31(40-35(43)26-10-6-3-7-11-26)22-29-18-21-32(45-29)24-8-4-2-5-9-24/h2-23H,1H3,(H2,37,41)(H,38,42)(H,39,44)(H,40,43). The highest BCUT2D eigenvalue weighted by atomic mass is 32.2. The molecule has 0 aliphatic heterocycles. The number of furan rings is 1. The minimum Gasteiger partial charge on any atom is -0.457 e. The number of rotatable bonds is 11. The number of primary amides is 1. The number of nitrogens with two attached hydrogens (primary N) is 1. The van der Waals surface area contributed by atoms with Crippen LogP contribution in [0.15, 0.2) is 136 Å². The third kappa shape index (κ3) is 8.40. The van der Waals surface area contributed by atoms with Crippen LogP contribution in [-0.2, 0) is 9.59 Å². The Morgan fingerprint density at radius 3 is 1.98 bits per heavy atom. The number of amides is 4. The van der Waals surface area contributed by atoms with E-state index in [9.17, 15) is 19.2 Å². The van der Waals surface area contributed by atoms with E-state index in [1.165, 1.54) is 17.8 Å². The number of thioether (sulfide) groups is 1. The van der Waals surface area contributed by atoms with Gasteiger partial charge >= 0.3 is 0 Å². The van der Waals surface area contributed by atoms with Gasteiger partial charge in [-0.25, -0.2) is 0 Å². The van der Waals surface area contributed by atoms with Gasteiger partial charge in [0.15, 0.2) is 0 Å². The predicted octanol–water partition coefficient (Wildman–Crippen LogP) is 6.57. The Labute approximate surface area is 269 Å². The lowest BCUT2D eigenvalue weighted by Crippen LogP contribution is -2.30. The molecule has 0 fully saturated rings. The highest BCUT2D eigenvalue weighted by molar-refractivity contribution is 8.00. The molecule has 1 aromatic heterocycles. The van der Waals surface area contributed by atoms with Crippen LogP contribution in [0.3, 0.4) is 0 Å². The molecule has 4 aromatic carbocycles. The number of hydrogen-bond acceptors (Lipinski definition) is 6. The van der Waals surface area contributed by atoms with Gasteiger partial charge in [0.05, 0.1) is 5.25 Å². The normalized spacial score (nSPS) is 11.7. The first-order valence-electron chi connectivity index (χ1n) is 14.3. The summed E-state index contributed by atoms with van der Waals surface area (Å²) in [6, 6.07) is 35.0. The minimum absolute atomic E-state index is 0.00424. The fourth-order valence-electron chi connectivity index (χ4n) is 4.31. The van der Waals surface area contributed by atoms with E-state index in [2.05, 4.69) is 16.0 Å². The first-order chi connectivity index (χ1) is 22.2. The fourth-order valence-corrected chi connectivity index (χ4v) is 5.17. The maximum atomic E-state index is 13.4. The topological polar surface area (TPSA) is 144 Å². The molecule has 9 nitrogen and oxygen atoms in total. The van der Waals surface area contributed by atoms with Crippen molar-refractivity contribution in [3.05, 3.63) is 144 Å². The zero-order valence-electron chi connectivity index (χ0n) is 24.7. The van der Waals surface area contributed by atoms with Crippen molar-refractivity contribution in [1.29, 1.82) is 0 Å². The van der Waals surface area contributed by atoms with Crippen LogP contribution in [0.5, 0.6) is 0 Å². The molecule has 0 bridgehead atoms. The summed E-state index contributed by atoms with van der Waals surface area (Å²) in [4.78, 5) is 51.2. The van der Waals surface area contributed by atoms with Crippen molar-refractivity contribution in [2.24, 2.45) is 5.73 Å². The van der Waals surface area contributed by atoms with Crippen LogP contribution in [0.25, 0.3) is 17.4 Å². The molecule has 0 radical (unpaired) electrons. The lowest BCUT2D eigenvalue weighted by Gasteiger charge is -2.13. The van der Waals surface area contributed by atoms with Gasteiger partial charge in [-0.15, -0.1) is 11.8 Å². The molecule has 10 heteroatoms. The van der Waals surface area contributed by atoms with Gasteiger partial charge in [0.2, 0.25) is 11.8 Å². The Morgan fingerprint density at radius 1 is 0.717 bits per heavy atom. The largest absolute Gasteiger partial charge is 0.457 e. The van der Waals surface area contributed by atoms with Gasteiger partial charge in [-0.1, -0.05) is 48.5 Å². The smallest absolute Gasteiger partial charge is 0.272 e. The van der Waals surface area contributed by atoms with E-state index < -0.39 is 23.0 Å². The van der Waals surface area contributed by atoms with Crippen molar-refractivity contribution >= 4 is 52.8 Å². The lowest BCUT2D eigenvalue weighted by molar-refractivity contribution is -0.115. The van der Waals surface area contributed by atoms with E-state index in [1.807, 2.05) is 30.3 Å². The Hall–Kier alpha value is -5.87. The second-order valence-corrected chi connectivity index (χ2v) is 11.5. The number of anilines is 2. The van der Waals surface area contributed by atoms with E-state index >= 15 is 0 Å². The predicted molar refractivity (Wildman–Crippen MR) is 180 cm³/mol. The summed E-state index contributed by atoms with van der Waals surface area (Å²) in [5, 5.41) is 7.91. The molecule has 1 unspecified atom stereocenters. The van der Waals surface area contributed by atoms with E-state index in [1.54, 1.807) is 97.9 Å². The molecule has 0 saturated carbocycles. The van der Waals surface area contributed by atoms with Crippen LogP contribution in [0.2, 0.25) is 0 Å². The molecule has 5 rings (SSSR count). The number of carbonyl (C=O) groups is 4. The van der Waals surface area contributed by atoms with E-state index in [4.69, 9.17) is 10.2 Å².